The van der Waals surface area contributed by atoms with Crippen LogP contribution in [0.4, 0.5) is 0 Å². The highest BCUT2D eigenvalue weighted by molar-refractivity contribution is 7.98. The van der Waals surface area contributed by atoms with Crippen molar-refractivity contribution in [3.63, 3.8) is 0 Å². The summed E-state index contributed by atoms with van der Waals surface area (Å²) >= 11 is 7.52. The van der Waals surface area contributed by atoms with Crippen LogP contribution in [0, 0.1) is 0 Å². The summed E-state index contributed by atoms with van der Waals surface area (Å²) in [7, 11) is 0. The largest absolute Gasteiger partial charge is 0.378 e. The normalized spacial score (nSPS) is 18.8. The first-order valence-corrected chi connectivity index (χ1v) is 8.17. The third kappa shape index (κ3) is 4.44. The summed E-state index contributed by atoms with van der Waals surface area (Å²) in [5.74, 6) is 2.05. The predicted octanol–water partition coefficient (Wildman–Crippen LogP) is 2.55. The van der Waals surface area contributed by atoms with Crippen molar-refractivity contribution in [3.05, 3.63) is 41.0 Å². The van der Waals surface area contributed by atoms with E-state index in [-0.39, 0.29) is 6.04 Å². The summed E-state index contributed by atoms with van der Waals surface area (Å²) in [5, 5.41) is 8.12. The van der Waals surface area contributed by atoms with Crippen LogP contribution in [-0.2, 0) is 16.9 Å². The molecular weight excluding hydrogens is 310 g/mol. The predicted molar refractivity (Wildman–Crippen MR) is 81.6 cm³/mol. The first-order chi connectivity index (χ1) is 10.3. The minimum Gasteiger partial charge on any atom is -0.378 e. The summed E-state index contributed by atoms with van der Waals surface area (Å²) in [5.41, 5.74) is 0. The number of rotatable bonds is 5. The maximum Gasteiger partial charge on any atom is 0.228 e. The van der Waals surface area contributed by atoms with Crippen LogP contribution >= 0.6 is 23.4 Å². The van der Waals surface area contributed by atoms with E-state index in [2.05, 4.69) is 15.5 Å². The van der Waals surface area contributed by atoms with Gasteiger partial charge in [-0.15, -0.1) is 11.8 Å². The molecule has 21 heavy (non-hydrogen) atoms. The minimum absolute atomic E-state index is 0.260. The lowest BCUT2D eigenvalue weighted by atomic mass is 10.2. The summed E-state index contributed by atoms with van der Waals surface area (Å²) in [6, 6.07) is 7.98. The van der Waals surface area contributed by atoms with Gasteiger partial charge in [-0.3, -0.25) is 0 Å². The number of aromatic nitrogens is 2. The molecule has 1 fully saturated rings. The zero-order valence-electron chi connectivity index (χ0n) is 11.4. The second kappa shape index (κ2) is 7.26. The molecular formula is C14H16ClN3O2S. The molecule has 5 nitrogen and oxygen atoms in total. The van der Waals surface area contributed by atoms with Crippen LogP contribution in [0.15, 0.2) is 33.7 Å². The van der Waals surface area contributed by atoms with Gasteiger partial charge in [0.05, 0.1) is 19.0 Å². The smallest absolute Gasteiger partial charge is 0.228 e. The topological polar surface area (TPSA) is 60.2 Å². The van der Waals surface area contributed by atoms with Crippen molar-refractivity contribution in [3.8, 4) is 0 Å². The van der Waals surface area contributed by atoms with Crippen LogP contribution in [0.25, 0.3) is 0 Å². The SMILES string of the molecule is Clc1ccc(SCc2noc(CC3COCCN3)n2)cc1. The monoisotopic (exact) mass is 325 g/mol. The molecule has 0 amide bonds. The standard InChI is InChI=1S/C14H16ClN3O2S/c15-10-1-3-12(4-2-10)21-9-13-17-14(20-18-13)7-11-8-19-6-5-16-11/h1-4,11,16H,5-9H2. The molecule has 7 heteroatoms. The van der Waals surface area contributed by atoms with Gasteiger partial charge >= 0.3 is 0 Å². The lowest BCUT2D eigenvalue weighted by Gasteiger charge is -2.22. The number of nitrogens with one attached hydrogen (secondary N) is 1. The molecule has 3 rings (SSSR count). The van der Waals surface area contributed by atoms with E-state index in [9.17, 15) is 0 Å². The number of hydrogen-bond donors (Lipinski definition) is 1. The van der Waals surface area contributed by atoms with E-state index in [0.29, 0.717) is 30.5 Å². The van der Waals surface area contributed by atoms with E-state index >= 15 is 0 Å². The quantitative estimate of drug-likeness (QED) is 0.853. The van der Waals surface area contributed by atoms with E-state index in [1.165, 1.54) is 0 Å². The number of halogens is 1. The second-order valence-electron chi connectivity index (χ2n) is 4.78. The number of hydrogen-bond acceptors (Lipinski definition) is 6. The van der Waals surface area contributed by atoms with Gasteiger partial charge in [-0.25, -0.2) is 0 Å². The first kappa shape index (κ1) is 14.8. The van der Waals surface area contributed by atoms with Crippen LogP contribution in [0.2, 0.25) is 5.02 Å². The van der Waals surface area contributed by atoms with E-state index < -0.39 is 0 Å². The Morgan fingerprint density at radius 3 is 2.95 bits per heavy atom. The molecule has 1 aliphatic rings. The Bertz CT molecular complexity index is 570. The van der Waals surface area contributed by atoms with Crippen LogP contribution in [0.3, 0.4) is 0 Å². The van der Waals surface area contributed by atoms with E-state index in [4.69, 9.17) is 20.9 Å². The van der Waals surface area contributed by atoms with Crippen LogP contribution in [-0.4, -0.2) is 35.9 Å². The van der Waals surface area contributed by atoms with Crippen molar-refractivity contribution in [2.45, 2.75) is 23.1 Å². The van der Waals surface area contributed by atoms with E-state index in [1.54, 1.807) is 11.8 Å². The molecule has 1 atom stereocenters. The number of nitrogens with zero attached hydrogens (tertiary/aromatic N) is 2. The highest BCUT2D eigenvalue weighted by Gasteiger charge is 2.17. The second-order valence-corrected chi connectivity index (χ2v) is 6.26. The first-order valence-electron chi connectivity index (χ1n) is 6.80. The maximum absolute atomic E-state index is 5.86. The molecule has 0 saturated carbocycles. The molecule has 1 saturated heterocycles. The third-order valence-corrected chi connectivity index (χ3v) is 4.37. The lowest BCUT2D eigenvalue weighted by molar-refractivity contribution is 0.0744. The third-order valence-electron chi connectivity index (χ3n) is 3.11. The maximum atomic E-state index is 5.86. The zero-order valence-corrected chi connectivity index (χ0v) is 13.0. The van der Waals surface area contributed by atoms with Crippen molar-refractivity contribution in [1.29, 1.82) is 0 Å². The Morgan fingerprint density at radius 1 is 1.33 bits per heavy atom. The van der Waals surface area contributed by atoms with Crippen molar-refractivity contribution < 1.29 is 9.26 Å². The highest BCUT2D eigenvalue weighted by atomic mass is 35.5. The van der Waals surface area contributed by atoms with Gasteiger partial charge in [0.15, 0.2) is 5.82 Å². The molecule has 1 aromatic heterocycles. The molecule has 112 valence electrons. The summed E-state index contributed by atoms with van der Waals surface area (Å²) in [6.45, 7) is 2.33. The average molecular weight is 326 g/mol. The van der Waals surface area contributed by atoms with Crippen LogP contribution in [0.1, 0.15) is 11.7 Å². The Hall–Kier alpha value is -1.08. The molecule has 2 heterocycles. The van der Waals surface area contributed by atoms with Gasteiger partial charge in [0.1, 0.15) is 0 Å². The molecule has 0 bridgehead atoms. The Labute approximate surface area is 132 Å². The molecule has 1 N–H and O–H groups in total. The van der Waals surface area contributed by atoms with E-state index in [0.717, 1.165) is 23.1 Å². The van der Waals surface area contributed by atoms with Gasteiger partial charge in [-0.05, 0) is 24.3 Å². The van der Waals surface area contributed by atoms with Crippen LogP contribution in [0.5, 0.6) is 0 Å². The highest BCUT2D eigenvalue weighted by Crippen LogP contribution is 2.23. The molecule has 1 aliphatic heterocycles. The summed E-state index contributed by atoms with van der Waals surface area (Å²) in [4.78, 5) is 5.55. The molecule has 0 spiro atoms. The van der Waals surface area contributed by atoms with Crippen molar-refractivity contribution >= 4 is 23.4 Å². The van der Waals surface area contributed by atoms with Crippen molar-refractivity contribution in [2.75, 3.05) is 19.8 Å². The minimum atomic E-state index is 0.260. The fraction of sp³-hybridized carbons (Fsp3) is 0.429. The van der Waals surface area contributed by atoms with Gasteiger partial charge in [0.25, 0.3) is 0 Å². The molecule has 1 unspecified atom stereocenters. The molecule has 0 aliphatic carbocycles. The van der Waals surface area contributed by atoms with Gasteiger partial charge in [-0.2, -0.15) is 4.98 Å². The zero-order chi connectivity index (χ0) is 14.5. The molecule has 2 aromatic rings. The van der Waals surface area contributed by atoms with Crippen molar-refractivity contribution in [1.82, 2.24) is 15.5 Å². The molecule has 1 aromatic carbocycles. The molecule has 0 radical (unpaired) electrons. The Morgan fingerprint density at radius 2 is 2.19 bits per heavy atom. The Balaban J connectivity index is 1.51. The van der Waals surface area contributed by atoms with Gasteiger partial charge < -0.3 is 14.6 Å². The number of morpholine rings is 1. The average Bonchev–Trinajstić information content (AvgIpc) is 2.95. The number of thioether (sulfide) groups is 1. The number of ether oxygens (including phenoxy) is 1. The van der Waals surface area contributed by atoms with Gasteiger partial charge in [0, 0.05) is 28.9 Å². The fourth-order valence-corrected chi connectivity index (χ4v) is 2.94. The fourth-order valence-electron chi connectivity index (χ4n) is 2.07. The summed E-state index contributed by atoms with van der Waals surface area (Å²) < 4.78 is 10.7. The number of benzene rings is 1. The Kier molecular flexibility index (Phi) is 5.13. The van der Waals surface area contributed by atoms with Gasteiger partial charge in [0.2, 0.25) is 5.89 Å². The summed E-state index contributed by atoms with van der Waals surface area (Å²) in [6.07, 6.45) is 0.707. The van der Waals surface area contributed by atoms with Gasteiger partial charge in [-0.1, -0.05) is 16.8 Å². The lowest BCUT2D eigenvalue weighted by Crippen LogP contribution is -2.42. The van der Waals surface area contributed by atoms with Crippen LogP contribution < -0.4 is 5.32 Å². The van der Waals surface area contributed by atoms with E-state index in [1.807, 2.05) is 24.3 Å². The van der Waals surface area contributed by atoms with Crippen molar-refractivity contribution in [2.24, 2.45) is 0 Å².